The van der Waals surface area contributed by atoms with Gasteiger partial charge in [0.05, 0.1) is 5.75 Å². The van der Waals surface area contributed by atoms with Crippen molar-refractivity contribution in [3.63, 3.8) is 0 Å². The van der Waals surface area contributed by atoms with Crippen LogP contribution in [0, 0.1) is 19.8 Å². The zero-order valence-electron chi connectivity index (χ0n) is 19.5. The van der Waals surface area contributed by atoms with Crippen molar-refractivity contribution in [2.75, 3.05) is 12.3 Å². The lowest BCUT2D eigenvalue weighted by molar-refractivity contribution is -0.139. The van der Waals surface area contributed by atoms with Gasteiger partial charge in [-0.2, -0.15) is 0 Å². The number of hydrogen-bond acceptors (Lipinski definition) is 3. The number of benzene rings is 2. The van der Waals surface area contributed by atoms with E-state index in [1.165, 1.54) is 16.7 Å². The summed E-state index contributed by atoms with van der Waals surface area (Å²) in [6.07, 6.45) is 0.587. The zero-order chi connectivity index (χ0) is 22.8. The summed E-state index contributed by atoms with van der Waals surface area (Å²) in [7, 11) is 0. The highest BCUT2D eigenvalue weighted by Gasteiger charge is 2.28. The molecule has 0 fully saturated rings. The maximum Gasteiger partial charge on any atom is 0.242 e. The molecule has 0 aromatic heterocycles. The molecule has 0 saturated heterocycles. The number of amides is 2. The molecular formula is C26H36N2O2S. The van der Waals surface area contributed by atoms with E-state index in [9.17, 15) is 9.59 Å². The number of rotatable bonds is 11. The van der Waals surface area contributed by atoms with Crippen LogP contribution in [0.4, 0.5) is 0 Å². The molecule has 0 aliphatic carbocycles. The number of thioether (sulfide) groups is 1. The highest BCUT2D eigenvalue weighted by molar-refractivity contribution is 7.99. The van der Waals surface area contributed by atoms with Crippen LogP contribution in [-0.2, 0) is 21.9 Å². The van der Waals surface area contributed by atoms with Crippen LogP contribution < -0.4 is 5.32 Å². The molecule has 5 heteroatoms. The Hall–Kier alpha value is -2.27. The molecule has 0 saturated carbocycles. The Morgan fingerprint density at radius 3 is 2.32 bits per heavy atom. The molecule has 0 unspecified atom stereocenters. The monoisotopic (exact) mass is 440 g/mol. The molecule has 31 heavy (non-hydrogen) atoms. The Bertz CT molecular complexity index is 849. The van der Waals surface area contributed by atoms with Gasteiger partial charge >= 0.3 is 0 Å². The number of nitrogens with one attached hydrogen (secondary N) is 1. The van der Waals surface area contributed by atoms with Gasteiger partial charge in [0.2, 0.25) is 11.8 Å². The summed E-state index contributed by atoms with van der Waals surface area (Å²) in [5.74, 6) is 1.44. The first-order valence-corrected chi connectivity index (χ1v) is 12.2. The third kappa shape index (κ3) is 8.41. The summed E-state index contributed by atoms with van der Waals surface area (Å²) < 4.78 is 0. The summed E-state index contributed by atoms with van der Waals surface area (Å²) in [6.45, 7) is 11.3. The SMILES string of the molecule is CC[C@H](C(=O)NCC(C)C)N(Cc1ccc(C)cc1)C(=O)CSCc1cccc(C)c1. The molecule has 0 heterocycles. The van der Waals surface area contributed by atoms with Gasteiger partial charge in [0.15, 0.2) is 0 Å². The number of hydrogen-bond donors (Lipinski definition) is 1. The predicted octanol–water partition coefficient (Wildman–Crippen LogP) is 5.12. The Morgan fingerprint density at radius 2 is 1.71 bits per heavy atom. The van der Waals surface area contributed by atoms with Crippen molar-refractivity contribution in [1.29, 1.82) is 0 Å². The van der Waals surface area contributed by atoms with E-state index in [2.05, 4.69) is 44.3 Å². The van der Waals surface area contributed by atoms with E-state index in [0.717, 1.165) is 11.3 Å². The van der Waals surface area contributed by atoms with Gasteiger partial charge in [-0.1, -0.05) is 80.4 Å². The molecule has 2 rings (SSSR count). The molecule has 168 valence electrons. The number of nitrogens with zero attached hydrogens (tertiary/aromatic N) is 1. The van der Waals surface area contributed by atoms with Gasteiger partial charge in [-0.15, -0.1) is 11.8 Å². The molecule has 2 amide bonds. The van der Waals surface area contributed by atoms with Gasteiger partial charge in [-0.25, -0.2) is 0 Å². The first kappa shape index (κ1) is 25.0. The van der Waals surface area contributed by atoms with E-state index in [0.29, 0.717) is 31.2 Å². The summed E-state index contributed by atoms with van der Waals surface area (Å²) in [5.41, 5.74) is 4.65. The molecule has 0 aliphatic heterocycles. The fourth-order valence-electron chi connectivity index (χ4n) is 3.37. The molecule has 2 aromatic rings. The maximum atomic E-state index is 13.2. The minimum Gasteiger partial charge on any atom is -0.354 e. The summed E-state index contributed by atoms with van der Waals surface area (Å²) >= 11 is 1.60. The van der Waals surface area contributed by atoms with Gasteiger partial charge in [-0.05, 0) is 37.3 Å². The van der Waals surface area contributed by atoms with Crippen LogP contribution in [0.15, 0.2) is 48.5 Å². The fraction of sp³-hybridized carbons (Fsp3) is 0.462. The zero-order valence-corrected chi connectivity index (χ0v) is 20.3. The normalized spacial score (nSPS) is 11.9. The summed E-state index contributed by atoms with van der Waals surface area (Å²) in [4.78, 5) is 27.9. The molecule has 0 spiro atoms. The summed E-state index contributed by atoms with van der Waals surface area (Å²) in [6, 6.07) is 16.1. The second kappa shape index (κ2) is 12.6. The van der Waals surface area contributed by atoms with Crippen LogP contribution in [-0.4, -0.2) is 35.1 Å². The van der Waals surface area contributed by atoms with Crippen LogP contribution >= 0.6 is 11.8 Å². The Labute approximate surface area is 191 Å². The average Bonchev–Trinajstić information content (AvgIpc) is 2.73. The Kier molecular flexibility index (Phi) is 10.1. The largest absolute Gasteiger partial charge is 0.354 e. The van der Waals surface area contributed by atoms with Gasteiger partial charge in [0.1, 0.15) is 6.04 Å². The first-order valence-electron chi connectivity index (χ1n) is 11.1. The van der Waals surface area contributed by atoms with E-state index in [1.807, 2.05) is 44.2 Å². The number of aryl methyl sites for hydroxylation is 2. The predicted molar refractivity (Wildman–Crippen MR) is 131 cm³/mol. The van der Waals surface area contributed by atoms with Crippen molar-refractivity contribution in [2.45, 2.75) is 59.4 Å². The Morgan fingerprint density at radius 1 is 1.00 bits per heavy atom. The lowest BCUT2D eigenvalue weighted by Crippen LogP contribution is -2.50. The third-order valence-electron chi connectivity index (χ3n) is 5.12. The molecule has 4 nitrogen and oxygen atoms in total. The maximum absolute atomic E-state index is 13.2. The lowest BCUT2D eigenvalue weighted by Gasteiger charge is -2.31. The number of carbonyl (C=O) groups is 2. The van der Waals surface area contributed by atoms with Crippen molar-refractivity contribution >= 4 is 23.6 Å². The first-order chi connectivity index (χ1) is 14.8. The van der Waals surface area contributed by atoms with E-state index >= 15 is 0 Å². The van der Waals surface area contributed by atoms with Crippen LogP contribution in [0.2, 0.25) is 0 Å². The van der Waals surface area contributed by atoms with Crippen molar-refractivity contribution in [2.24, 2.45) is 5.92 Å². The fourth-order valence-corrected chi connectivity index (χ4v) is 4.23. The van der Waals surface area contributed by atoms with Crippen LogP contribution in [0.25, 0.3) is 0 Å². The summed E-state index contributed by atoms with van der Waals surface area (Å²) in [5, 5.41) is 3.01. The van der Waals surface area contributed by atoms with E-state index < -0.39 is 6.04 Å². The van der Waals surface area contributed by atoms with Gasteiger partial charge in [0.25, 0.3) is 0 Å². The van der Waals surface area contributed by atoms with Crippen LogP contribution in [0.3, 0.4) is 0 Å². The molecule has 0 bridgehead atoms. The number of carbonyl (C=O) groups excluding carboxylic acids is 2. The average molecular weight is 441 g/mol. The Balaban J connectivity index is 2.11. The lowest BCUT2D eigenvalue weighted by atomic mass is 10.1. The van der Waals surface area contributed by atoms with Crippen molar-refractivity contribution in [3.8, 4) is 0 Å². The van der Waals surface area contributed by atoms with Crippen molar-refractivity contribution in [3.05, 3.63) is 70.8 Å². The molecular weight excluding hydrogens is 404 g/mol. The third-order valence-corrected chi connectivity index (χ3v) is 6.11. The smallest absolute Gasteiger partial charge is 0.242 e. The molecule has 0 radical (unpaired) electrons. The highest BCUT2D eigenvalue weighted by Crippen LogP contribution is 2.18. The van der Waals surface area contributed by atoms with Gasteiger partial charge in [-0.3, -0.25) is 9.59 Å². The van der Waals surface area contributed by atoms with Gasteiger partial charge < -0.3 is 10.2 Å². The molecule has 1 atom stereocenters. The van der Waals surface area contributed by atoms with Crippen LogP contribution in [0.1, 0.15) is 49.4 Å². The minimum atomic E-state index is -0.466. The van der Waals surface area contributed by atoms with E-state index in [-0.39, 0.29) is 11.8 Å². The van der Waals surface area contributed by atoms with Crippen molar-refractivity contribution in [1.82, 2.24) is 10.2 Å². The second-order valence-electron chi connectivity index (χ2n) is 8.55. The molecule has 0 aliphatic rings. The highest BCUT2D eigenvalue weighted by atomic mass is 32.2. The van der Waals surface area contributed by atoms with E-state index in [4.69, 9.17) is 0 Å². The van der Waals surface area contributed by atoms with Crippen LogP contribution in [0.5, 0.6) is 0 Å². The quantitative estimate of drug-likeness (QED) is 0.528. The minimum absolute atomic E-state index is 0.00442. The molecule has 2 aromatic carbocycles. The second-order valence-corrected chi connectivity index (χ2v) is 9.54. The van der Waals surface area contributed by atoms with Crippen molar-refractivity contribution < 1.29 is 9.59 Å². The standard InChI is InChI=1S/C26H36N2O2S/c1-6-24(26(30)27-15-19(2)3)28(16-22-12-10-20(4)11-13-22)25(29)18-31-17-23-9-7-8-21(5)14-23/h7-14,19,24H,6,15-18H2,1-5H3,(H,27,30)/t24-/m1/s1. The van der Waals surface area contributed by atoms with E-state index in [1.54, 1.807) is 16.7 Å². The van der Waals surface area contributed by atoms with Gasteiger partial charge in [0, 0.05) is 18.8 Å². The topological polar surface area (TPSA) is 49.4 Å². The molecule has 1 N–H and O–H groups in total.